The van der Waals surface area contributed by atoms with Crippen molar-refractivity contribution in [2.75, 3.05) is 0 Å². The summed E-state index contributed by atoms with van der Waals surface area (Å²) >= 11 is 0. The maximum absolute atomic E-state index is 10.4. The average Bonchev–Trinajstić information content (AvgIpc) is 2.63. The second kappa shape index (κ2) is 17.8. The zero-order chi connectivity index (χ0) is 19.5. The lowest BCUT2D eigenvalue weighted by atomic mass is 10.2. The summed E-state index contributed by atoms with van der Waals surface area (Å²) in [7, 11) is 0. The first kappa shape index (κ1) is 23.9. The van der Waals surface area contributed by atoms with E-state index in [1.165, 1.54) is 19.3 Å². The van der Waals surface area contributed by atoms with Gasteiger partial charge in [-0.2, -0.15) is 0 Å². The van der Waals surface area contributed by atoms with Crippen molar-refractivity contribution in [3.63, 3.8) is 0 Å². The van der Waals surface area contributed by atoms with Gasteiger partial charge in [0.25, 0.3) is 0 Å². The Morgan fingerprint density at radius 2 is 1.50 bits per heavy atom. The van der Waals surface area contributed by atoms with Crippen molar-refractivity contribution in [2.45, 2.75) is 71.1 Å². The van der Waals surface area contributed by atoms with E-state index < -0.39 is 5.97 Å². The first-order valence-corrected chi connectivity index (χ1v) is 9.16. The molecule has 0 aliphatic rings. The Morgan fingerprint density at radius 1 is 0.846 bits per heavy atom. The van der Waals surface area contributed by atoms with E-state index in [9.17, 15) is 4.79 Å². The highest BCUT2D eigenvalue weighted by molar-refractivity contribution is 5.66. The molecule has 0 aromatic heterocycles. The molecule has 0 radical (unpaired) electrons. The molecule has 0 heterocycles. The normalized spacial score (nSPS) is 12.9. The van der Waals surface area contributed by atoms with Gasteiger partial charge in [-0.1, -0.05) is 44.1 Å². The van der Waals surface area contributed by atoms with Gasteiger partial charge in [-0.05, 0) is 44.3 Å². The summed E-state index contributed by atoms with van der Waals surface area (Å²) in [6.45, 7) is 2.17. The molecule has 0 fully saturated rings. The molecule has 3 N–H and O–H groups in total. The average molecular weight is 368 g/mol. The van der Waals surface area contributed by atoms with Crippen LogP contribution in [0.15, 0.2) is 48.0 Å². The van der Waals surface area contributed by atoms with Crippen molar-refractivity contribution in [3.8, 4) is 0 Å². The van der Waals surface area contributed by atoms with Gasteiger partial charge in [0.15, 0.2) is 0 Å². The van der Waals surface area contributed by atoms with Crippen LogP contribution in [0.2, 0.25) is 0 Å². The number of aliphatic carboxylic acids is 1. The number of carboxylic acid groups (broad SMARTS) is 1. The lowest BCUT2D eigenvalue weighted by Crippen LogP contribution is -1.95. The highest BCUT2D eigenvalue weighted by Gasteiger charge is 2.01. The quantitative estimate of drug-likeness (QED) is 0.104. The Bertz CT molecular complexity index is 477. The van der Waals surface area contributed by atoms with Crippen LogP contribution in [0.1, 0.15) is 71.1 Å². The van der Waals surface area contributed by atoms with E-state index >= 15 is 0 Å². The summed E-state index contributed by atoms with van der Waals surface area (Å²) < 4.78 is 0. The van der Waals surface area contributed by atoms with Crippen LogP contribution in [0, 0.1) is 0 Å². The van der Waals surface area contributed by atoms with E-state index in [-0.39, 0.29) is 6.42 Å². The minimum Gasteiger partial charge on any atom is -0.481 e. The van der Waals surface area contributed by atoms with Crippen LogP contribution in [-0.4, -0.2) is 21.6 Å². The summed E-state index contributed by atoms with van der Waals surface area (Å²) in [6, 6.07) is 0. The van der Waals surface area contributed by atoms with Crippen molar-refractivity contribution in [3.05, 3.63) is 48.0 Å². The smallest absolute Gasteiger partial charge is 0.303 e. The van der Waals surface area contributed by atoms with Gasteiger partial charge in [-0.25, -0.2) is 10.5 Å². The molecular formula is C20H32O6. The summed E-state index contributed by atoms with van der Waals surface area (Å²) in [4.78, 5) is 19.0. The van der Waals surface area contributed by atoms with Gasteiger partial charge in [0.1, 0.15) is 11.5 Å². The Balaban J connectivity index is 4.09. The van der Waals surface area contributed by atoms with E-state index in [1.807, 2.05) is 18.2 Å². The fraction of sp³-hybridized carbons (Fsp3) is 0.550. The molecule has 0 bridgehead atoms. The third-order valence-corrected chi connectivity index (χ3v) is 3.64. The number of allylic oxidation sites excluding steroid dienone is 7. The number of carboxylic acids is 1. The predicted octanol–water partition coefficient (Wildman–Crippen LogP) is 5.85. The van der Waals surface area contributed by atoms with Crippen molar-refractivity contribution < 1.29 is 30.2 Å². The van der Waals surface area contributed by atoms with Gasteiger partial charge in [-0.3, -0.25) is 4.79 Å². The van der Waals surface area contributed by atoms with Crippen LogP contribution >= 0.6 is 0 Å². The van der Waals surface area contributed by atoms with Gasteiger partial charge >= 0.3 is 5.97 Å². The Labute approximate surface area is 156 Å². The molecule has 0 amide bonds. The molecule has 0 unspecified atom stereocenters. The Morgan fingerprint density at radius 3 is 2.08 bits per heavy atom. The number of rotatable bonds is 16. The molecule has 6 nitrogen and oxygen atoms in total. The fourth-order valence-electron chi connectivity index (χ4n) is 2.18. The largest absolute Gasteiger partial charge is 0.481 e. The van der Waals surface area contributed by atoms with E-state index in [0.29, 0.717) is 43.6 Å². The Hall–Kier alpha value is -2.05. The molecule has 0 aromatic rings. The molecule has 26 heavy (non-hydrogen) atoms. The van der Waals surface area contributed by atoms with E-state index in [2.05, 4.69) is 22.8 Å². The molecular weight excluding hydrogens is 336 g/mol. The summed E-state index contributed by atoms with van der Waals surface area (Å²) in [6.07, 6.45) is 18.6. The lowest BCUT2D eigenvalue weighted by molar-refractivity contribution is -0.206. The molecule has 0 atom stereocenters. The molecule has 6 heteroatoms. The van der Waals surface area contributed by atoms with Crippen LogP contribution in [-0.2, 0) is 14.6 Å². The molecule has 0 saturated heterocycles. The summed E-state index contributed by atoms with van der Waals surface area (Å²) in [5.74, 6) is -0.00398. The van der Waals surface area contributed by atoms with Crippen molar-refractivity contribution in [1.82, 2.24) is 0 Å². The van der Waals surface area contributed by atoms with Gasteiger partial charge in [0.05, 0.1) is 0 Å². The number of hydrogen-bond donors (Lipinski definition) is 3. The summed E-state index contributed by atoms with van der Waals surface area (Å²) in [5, 5.41) is 26.2. The SMILES string of the molecule is CCCCC/C=C\C/C(=C\C/C=C\C/C=C(\CCCC(=O)O)OO)OO. The van der Waals surface area contributed by atoms with Crippen LogP contribution in [0.5, 0.6) is 0 Å². The van der Waals surface area contributed by atoms with E-state index in [1.54, 1.807) is 12.2 Å². The van der Waals surface area contributed by atoms with Crippen LogP contribution in [0.25, 0.3) is 0 Å². The highest BCUT2D eigenvalue weighted by Crippen LogP contribution is 2.10. The van der Waals surface area contributed by atoms with Crippen LogP contribution in [0.4, 0.5) is 0 Å². The zero-order valence-corrected chi connectivity index (χ0v) is 15.6. The highest BCUT2D eigenvalue weighted by atomic mass is 17.1. The maximum Gasteiger partial charge on any atom is 0.303 e. The first-order chi connectivity index (χ1) is 12.6. The monoisotopic (exact) mass is 368 g/mol. The zero-order valence-electron chi connectivity index (χ0n) is 15.6. The minimum absolute atomic E-state index is 0.0400. The summed E-state index contributed by atoms with van der Waals surface area (Å²) in [5.41, 5.74) is 0. The third kappa shape index (κ3) is 15.5. The Kier molecular flexibility index (Phi) is 16.4. The van der Waals surface area contributed by atoms with Crippen molar-refractivity contribution >= 4 is 5.97 Å². The number of unbranched alkanes of at least 4 members (excludes halogenated alkanes) is 3. The van der Waals surface area contributed by atoms with Crippen LogP contribution < -0.4 is 0 Å². The second-order valence-corrected chi connectivity index (χ2v) is 5.88. The van der Waals surface area contributed by atoms with Gasteiger partial charge in [0.2, 0.25) is 0 Å². The molecule has 0 spiro atoms. The fourth-order valence-corrected chi connectivity index (χ4v) is 2.18. The van der Waals surface area contributed by atoms with Crippen molar-refractivity contribution in [1.29, 1.82) is 0 Å². The maximum atomic E-state index is 10.4. The van der Waals surface area contributed by atoms with Gasteiger partial charge < -0.3 is 14.9 Å². The minimum atomic E-state index is -0.869. The molecule has 0 rings (SSSR count). The molecule has 148 valence electrons. The van der Waals surface area contributed by atoms with Crippen LogP contribution in [0.3, 0.4) is 0 Å². The van der Waals surface area contributed by atoms with Gasteiger partial charge in [0, 0.05) is 19.3 Å². The molecule has 0 aliphatic heterocycles. The van der Waals surface area contributed by atoms with Gasteiger partial charge in [-0.15, -0.1) is 0 Å². The molecule has 0 aliphatic carbocycles. The first-order valence-electron chi connectivity index (χ1n) is 9.16. The topological polar surface area (TPSA) is 96.2 Å². The lowest BCUT2D eigenvalue weighted by Gasteiger charge is -2.01. The number of carbonyl (C=O) groups is 1. The third-order valence-electron chi connectivity index (χ3n) is 3.64. The molecule has 0 saturated carbocycles. The number of hydrogen-bond acceptors (Lipinski definition) is 5. The standard InChI is InChI=1S/C20H32O6/c1-2-3-4-5-6-9-13-18(25-23)14-10-7-8-11-15-19(26-24)16-12-17-20(21)22/h6-9,14-15,23-24H,2-5,10-13,16-17H2,1H3,(H,21,22)/b8-7-,9-6-,18-14+,19-15+. The second-order valence-electron chi connectivity index (χ2n) is 5.88. The molecule has 0 aromatic carbocycles. The van der Waals surface area contributed by atoms with E-state index in [4.69, 9.17) is 15.6 Å². The predicted molar refractivity (Wildman–Crippen MR) is 101 cm³/mol. The van der Waals surface area contributed by atoms with E-state index in [0.717, 1.165) is 6.42 Å². The van der Waals surface area contributed by atoms with Crippen molar-refractivity contribution in [2.24, 2.45) is 0 Å².